The van der Waals surface area contributed by atoms with Crippen molar-refractivity contribution < 1.29 is 8.42 Å². The Labute approximate surface area is 141 Å². The maximum Gasteiger partial charge on any atom is 0.265 e. The van der Waals surface area contributed by atoms with E-state index in [0.29, 0.717) is 14.6 Å². The molecule has 4 nitrogen and oxygen atoms in total. The number of nitrogen functional groups attached to an aromatic ring is 1. The zero-order valence-corrected chi connectivity index (χ0v) is 15.4. The molecule has 0 atom stereocenters. The number of nitrogens with one attached hydrogen (secondary N) is 1. The number of hydrogen-bond acceptors (Lipinski definition) is 3. The van der Waals surface area contributed by atoms with Crippen molar-refractivity contribution in [3.05, 3.63) is 50.4 Å². The smallest absolute Gasteiger partial charge is 0.265 e. The van der Waals surface area contributed by atoms with Crippen LogP contribution in [-0.4, -0.2) is 8.42 Å². The lowest BCUT2D eigenvalue weighted by Gasteiger charge is -2.13. The van der Waals surface area contributed by atoms with Gasteiger partial charge in [0, 0.05) is 14.6 Å². The van der Waals surface area contributed by atoms with Crippen molar-refractivity contribution in [3.63, 3.8) is 0 Å². The van der Waals surface area contributed by atoms with Gasteiger partial charge in [-0.2, -0.15) is 0 Å². The van der Waals surface area contributed by atoms with Gasteiger partial charge >= 0.3 is 0 Å². The molecule has 0 aliphatic heterocycles. The van der Waals surface area contributed by atoms with Gasteiger partial charge in [0.05, 0.1) is 5.69 Å². The maximum atomic E-state index is 12.5. The summed E-state index contributed by atoms with van der Waals surface area (Å²) in [7, 11) is -3.76. The highest BCUT2D eigenvalue weighted by Gasteiger charge is 2.22. The van der Waals surface area contributed by atoms with Gasteiger partial charge in [-0.25, -0.2) is 8.42 Å². The zero-order chi connectivity index (χ0) is 15.8. The van der Waals surface area contributed by atoms with E-state index in [4.69, 9.17) is 5.73 Å². The third-order valence-electron chi connectivity index (χ3n) is 3.06. The molecule has 3 N–H and O–H groups in total. The molecule has 2 rings (SSSR count). The third kappa shape index (κ3) is 3.59. The second-order valence-electron chi connectivity index (χ2n) is 4.71. The second-order valence-corrected chi connectivity index (χ2v) is 8.10. The van der Waals surface area contributed by atoms with Crippen LogP contribution >= 0.6 is 31.9 Å². The lowest BCUT2D eigenvalue weighted by molar-refractivity contribution is 0.601. The van der Waals surface area contributed by atoms with Gasteiger partial charge < -0.3 is 5.73 Å². The molecule has 0 heterocycles. The Bertz CT molecular complexity index is 782. The standard InChI is InChI=1S/C14H14Br2N2O2S/c1-8-3-4-11(5-9(8)2)18-21(19,20)14-12(16)6-10(15)7-13(14)17/h3-7,18H,17H2,1-2H3. The van der Waals surface area contributed by atoms with Crippen LogP contribution in [0.5, 0.6) is 0 Å². The van der Waals surface area contributed by atoms with Gasteiger partial charge in [-0.05, 0) is 65.2 Å². The molecule has 0 saturated carbocycles. The van der Waals surface area contributed by atoms with Crippen LogP contribution in [0.4, 0.5) is 11.4 Å². The monoisotopic (exact) mass is 432 g/mol. The van der Waals surface area contributed by atoms with Gasteiger partial charge in [-0.3, -0.25) is 4.72 Å². The molecule has 0 spiro atoms. The number of benzene rings is 2. The van der Waals surface area contributed by atoms with Gasteiger partial charge in [0.1, 0.15) is 4.90 Å². The average Bonchev–Trinajstić information content (AvgIpc) is 2.31. The van der Waals surface area contributed by atoms with Crippen LogP contribution in [0, 0.1) is 13.8 Å². The minimum absolute atomic E-state index is 0.0314. The molecular weight excluding hydrogens is 420 g/mol. The quantitative estimate of drug-likeness (QED) is 0.712. The predicted molar refractivity (Wildman–Crippen MR) is 93.0 cm³/mol. The van der Waals surface area contributed by atoms with E-state index in [-0.39, 0.29) is 10.6 Å². The Morgan fingerprint density at radius 1 is 1.05 bits per heavy atom. The number of anilines is 2. The molecule has 0 bridgehead atoms. The molecule has 0 aliphatic rings. The fraction of sp³-hybridized carbons (Fsp3) is 0.143. The van der Waals surface area contributed by atoms with Crippen LogP contribution in [-0.2, 0) is 10.0 Å². The Morgan fingerprint density at radius 3 is 2.29 bits per heavy atom. The summed E-state index contributed by atoms with van der Waals surface area (Å²) >= 11 is 6.52. The van der Waals surface area contributed by atoms with Crippen LogP contribution in [0.1, 0.15) is 11.1 Å². The summed E-state index contributed by atoms with van der Waals surface area (Å²) < 4.78 is 28.7. The number of hydrogen-bond donors (Lipinski definition) is 2. The van der Waals surface area contributed by atoms with E-state index in [1.807, 2.05) is 19.9 Å². The van der Waals surface area contributed by atoms with Gasteiger partial charge in [0.2, 0.25) is 0 Å². The molecule has 21 heavy (non-hydrogen) atoms. The normalized spacial score (nSPS) is 11.4. The third-order valence-corrected chi connectivity index (χ3v) is 5.91. The van der Waals surface area contributed by atoms with Crippen LogP contribution in [0.3, 0.4) is 0 Å². The molecular formula is C14H14Br2N2O2S. The fourth-order valence-electron chi connectivity index (χ4n) is 1.87. The highest BCUT2D eigenvalue weighted by atomic mass is 79.9. The van der Waals surface area contributed by atoms with Crippen molar-refractivity contribution in [2.75, 3.05) is 10.5 Å². The van der Waals surface area contributed by atoms with Gasteiger partial charge in [0.25, 0.3) is 10.0 Å². The zero-order valence-electron chi connectivity index (χ0n) is 11.4. The molecule has 7 heteroatoms. The van der Waals surface area contributed by atoms with Crippen LogP contribution in [0.15, 0.2) is 44.2 Å². The van der Waals surface area contributed by atoms with E-state index in [9.17, 15) is 8.42 Å². The van der Waals surface area contributed by atoms with Crippen molar-refractivity contribution in [2.24, 2.45) is 0 Å². The first-order chi connectivity index (χ1) is 9.70. The van der Waals surface area contributed by atoms with Crippen molar-refractivity contribution in [2.45, 2.75) is 18.7 Å². The highest BCUT2D eigenvalue weighted by Crippen LogP contribution is 2.33. The Hall–Kier alpha value is -1.05. The van der Waals surface area contributed by atoms with Gasteiger partial charge in [-0.15, -0.1) is 0 Å². The van der Waals surface area contributed by atoms with Crippen LogP contribution in [0.2, 0.25) is 0 Å². The Morgan fingerprint density at radius 2 is 1.71 bits per heavy atom. The molecule has 0 unspecified atom stereocenters. The molecule has 2 aromatic carbocycles. The van der Waals surface area contributed by atoms with E-state index in [1.165, 1.54) is 0 Å². The summed E-state index contributed by atoms with van der Waals surface area (Å²) in [6, 6.07) is 8.58. The first-order valence-corrected chi connectivity index (χ1v) is 9.12. The molecule has 0 radical (unpaired) electrons. The summed E-state index contributed by atoms with van der Waals surface area (Å²) in [4.78, 5) is 0.0314. The summed E-state index contributed by atoms with van der Waals surface area (Å²) in [5, 5.41) is 0. The minimum Gasteiger partial charge on any atom is -0.398 e. The van der Waals surface area contributed by atoms with Crippen molar-refractivity contribution in [1.29, 1.82) is 0 Å². The predicted octanol–water partition coefficient (Wildman–Crippen LogP) is 4.21. The minimum atomic E-state index is -3.76. The topological polar surface area (TPSA) is 72.2 Å². The molecule has 0 aromatic heterocycles. The number of halogens is 2. The van der Waals surface area contributed by atoms with E-state index in [1.54, 1.807) is 24.3 Å². The first-order valence-electron chi connectivity index (χ1n) is 6.05. The Balaban J connectivity index is 2.46. The van der Waals surface area contributed by atoms with Gasteiger partial charge in [-0.1, -0.05) is 22.0 Å². The van der Waals surface area contributed by atoms with E-state index >= 15 is 0 Å². The molecule has 0 aliphatic carbocycles. The summed E-state index contributed by atoms with van der Waals surface area (Å²) in [5.41, 5.74) is 8.63. The molecule has 112 valence electrons. The lowest BCUT2D eigenvalue weighted by atomic mass is 10.1. The summed E-state index contributed by atoms with van der Waals surface area (Å²) in [5.74, 6) is 0. The first kappa shape index (κ1) is 16.3. The molecule has 0 fully saturated rings. The van der Waals surface area contributed by atoms with E-state index in [0.717, 1.165) is 11.1 Å². The highest BCUT2D eigenvalue weighted by molar-refractivity contribution is 9.11. The van der Waals surface area contributed by atoms with Crippen LogP contribution < -0.4 is 10.5 Å². The number of sulfonamides is 1. The van der Waals surface area contributed by atoms with Crippen molar-refractivity contribution >= 4 is 53.3 Å². The number of rotatable bonds is 3. The largest absolute Gasteiger partial charge is 0.398 e. The lowest BCUT2D eigenvalue weighted by Crippen LogP contribution is -2.15. The SMILES string of the molecule is Cc1ccc(NS(=O)(=O)c2c(N)cc(Br)cc2Br)cc1C. The van der Waals surface area contributed by atoms with Crippen molar-refractivity contribution in [1.82, 2.24) is 0 Å². The molecule has 2 aromatic rings. The molecule has 0 amide bonds. The Kier molecular flexibility index (Phi) is 4.65. The maximum absolute atomic E-state index is 12.5. The van der Waals surface area contributed by atoms with E-state index in [2.05, 4.69) is 36.6 Å². The van der Waals surface area contributed by atoms with Gasteiger partial charge in [0.15, 0.2) is 0 Å². The number of aryl methyl sites for hydroxylation is 2. The van der Waals surface area contributed by atoms with Crippen LogP contribution in [0.25, 0.3) is 0 Å². The van der Waals surface area contributed by atoms with Crippen molar-refractivity contribution in [3.8, 4) is 0 Å². The second kappa shape index (κ2) is 5.98. The summed E-state index contributed by atoms with van der Waals surface area (Å²) in [6.07, 6.45) is 0. The van der Waals surface area contributed by atoms with E-state index < -0.39 is 10.0 Å². The summed E-state index contributed by atoms with van der Waals surface area (Å²) in [6.45, 7) is 3.90. The fourth-order valence-corrected chi connectivity index (χ4v) is 5.00. The molecule has 0 saturated heterocycles. The number of nitrogens with two attached hydrogens (primary N) is 1. The average molecular weight is 434 g/mol.